The second-order valence-corrected chi connectivity index (χ2v) is 6.33. The molecule has 2 rings (SSSR count). The number of anilines is 2. The minimum Gasteiger partial charge on any atom is -0.406 e. The maximum Gasteiger partial charge on any atom is 0.320 e. The largest absolute Gasteiger partial charge is 0.406 e. The van der Waals surface area contributed by atoms with Crippen LogP contribution < -0.4 is 10.6 Å². The van der Waals surface area contributed by atoms with Crippen LogP contribution in [0.3, 0.4) is 0 Å². The lowest BCUT2D eigenvalue weighted by Gasteiger charge is -2.18. The third-order valence-electron chi connectivity index (χ3n) is 2.49. The minimum absolute atomic E-state index is 0.00123. The highest BCUT2D eigenvalue weighted by Gasteiger charge is 2.14. The van der Waals surface area contributed by atoms with Crippen molar-refractivity contribution < 1.29 is 13.2 Å². The van der Waals surface area contributed by atoms with E-state index in [0.29, 0.717) is 12.4 Å². The van der Waals surface area contributed by atoms with Gasteiger partial charge in [0.2, 0.25) is 5.89 Å². The summed E-state index contributed by atoms with van der Waals surface area (Å²) in [6.45, 7) is 6.39. The van der Waals surface area contributed by atoms with Crippen molar-refractivity contribution in [1.82, 2.24) is 15.5 Å². The number of nitrogens with zero attached hydrogens (tertiary/aromatic N) is 2. The average Bonchev–Trinajstić information content (AvgIpc) is 2.80. The van der Waals surface area contributed by atoms with Crippen LogP contribution in [0, 0.1) is 11.6 Å². The number of halogens is 3. The number of aromatic nitrogens is 2. The summed E-state index contributed by atoms with van der Waals surface area (Å²) in [6.07, 6.45) is 0. The Labute approximate surface area is 129 Å². The van der Waals surface area contributed by atoms with Gasteiger partial charge in [0.05, 0.1) is 16.7 Å². The van der Waals surface area contributed by atoms with Crippen LogP contribution in [0.5, 0.6) is 0 Å². The van der Waals surface area contributed by atoms with Crippen molar-refractivity contribution in [3.63, 3.8) is 0 Å². The van der Waals surface area contributed by atoms with E-state index in [9.17, 15) is 8.78 Å². The van der Waals surface area contributed by atoms with Crippen LogP contribution in [0.15, 0.2) is 21.0 Å². The zero-order chi connectivity index (χ0) is 15.6. The maximum absolute atomic E-state index is 13.7. The van der Waals surface area contributed by atoms with Gasteiger partial charge in [-0.05, 0) is 42.8 Å². The summed E-state index contributed by atoms with van der Waals surface area (Å²) >= 11 is 2.91. The smallest absolute Gasteiger partial charge is 0.320 e. The number of hydrogen-bond donors (Lipinski definition) is 2. The SMILES string of the molecule is CC(C)(C)NCc1nnc(Nc2cc(F)c(Br)cc2F)o1. The van der Waals surface area contributed by atoms with Crippen molar-refractivity contribution in [3.05, 3.63) is 34.1 Å². The zero-order valence-electron chi connectivity index (χ0n) is 11.8. The molecule has 0 aliphatic carbocycles. The molecule has 1 aromatic heterocycles. The Kier molecular flexibility index (Phi) is 4.58. The molecule has 0 saturated carbocycles. The molecule has 114 valence electrons. The Morgan fingerprint density at radius 3 is 2.57 bits per heavy atom. The highest BCUT2D eigenvalue weighted by molar-refractivity contribution is 9.10. The fraction of sp³-hybridized carbons (Fsp3) is 0.385. The van der Waals surface area contributed by atoms with Crippen molar-refractivity contribution in [2.75, 3.05) is 5.32 Å². The molecule has 0 atom stereocenters. The van der Waals surface area contributed by atoms with Gasteiger partial charge in [-0.1, -0.05) is 5.10 Å². The van der Waals surface area contributed by atoms with Crippen LogP contribution in [0.25, 0.3) is 0 Å². The molecule has 0 saturated heterocycles. The molecular formula is C13H15BrF2N4O. The molecule has 0 amide bonds. The van der Waals surface area contributed by atoms with Crippen LogP contribution >= 0.6 is 15.9 Å². The predicted octanol–water partition coefficient (Wildman–Crippen LogP) is 3.74. The molecule has 2 aromatic rings. The van der Waals surface area contributed by atoms with Gasteiger partial charge in [-0.2, -0.15) is 0 Å². The quantitative estimate of drug-likeness (QED) is 0.813. The van der Waals surface area contributed by atoms with E-state index in [1.165, 1.54) is 0 Å². The molecule has 0 bridgehead atoms. The predicted molar refractivity (Wildman–Crippen MR) is 78.2 cm³/mol. The van der Waals surface area contributed by atoms with E-state index >= 15 is 0 Å². The first-order chi connectivity index (χ1) is 9.74. The molecule has 0 fully saturated rings. The highest BCUT2D eigenvalue weighted by atomic mass is 79.9. The zero-order valence-corrected chi connectivity index (χ0v) is 13.4. The van der Waals surface area contributed by atoms with Crippen LogP contribution in [0.2, 0.25) is 0 Å². The van der Waals surface area contributed by atoms with Gasteiger partial charge >= 0.3 is 6.01 Å². The molecule has 0 unspecified atom stereocenters. The monoisotopic (exact) mass is 360 g/mol. The van der Waals surface area contributed by atoms with Crippen molar-refractivity contribution in [3.8, 4) is 0 Å². The first-order valence-corrected chi connectivity index (χ1v) is 7.03. The Balaban J connectivity index is 2.07. The summed E-state index contributed by atoms with van der Waals surface area (Å²) in [7, 11) is 0. The molecular weight excluding hydrogens is 346 g/mol. The van der Waals surface area contributed by atoms with Crippen molar-refractivity contribution in [1.29, 1.82) is 0 Å². The van der Waals surface area contributed by atoms with Crippen molar-refractivity contribution >= 4 is 27.6 Å². The summed E-state index contributed by atoms with van der Waals surface area (Å²) in [6, 6.07) is 2.04. The van der Waals surface area contributed by atoms with Gasteiger partial charge in [-0.25, -0.2) is 8.78 Å². The number of hydrogen-bond acceptors (Lipinski definition) is 5. The summed E-state index contributed by atoms with van der Waals surface area (Å²) in [4.78, 5) is 0. The summed E-state index contributed by atoms with van der Waals surface area (Å²) in [5, 5.41) is 13.3. The van der Waals surface area contributed by atoms with E-state index in [4.69, 9.17) is 4.42 Å². The van der Waals surface area contributed by atoms with Gasteiger partial charge in [0.15, 0.2) is 0 Å². The standard InChI is InChI=1S/C13H15BrF2N4O/c1-13(2,3)17-6-11-19-20-12(21-11)18-10-5-8(15)7(14)4-9(10)16/h4-5,17H,6H2,1-3H3,(H,18,20). The Morgan fingerprint density at radius 2 is 1.90 bits per heavy atom. The van der Waals surface area contributed by atoms with E-state index in [0.717, 1.165) is 12.1 Å². The van der Waals surface area contributed by atoms with Crippen LogP contribution in [0.1, 0.15) is 26.7 Å². The molecule has 1 heterocycles. The molecule has 0 aliphatic rings. The molecule has 5 nitrogen and oxygen atoms in total. The minimum atomic E-state index is -0.629. The van der Waals surface area contributed by atoms with E-state index in [1.807, 2.05) is 20.8 Å². The van der Waals surface area contributed by atoms with Gasteiger partial charge < -0.3 is 15.1 Å². The van der Waals surface area contributed by atoms with Gasteiger partial charge in [0.1, 0.15) is 11.6 Å². The van der Waals surface area contributed by atoms with Crippen LogP contribution in [-0.4, -0.2) is 15.7 Å². The first kappa shape index (κ1) is 15.8. The van der Waals surface area contributed by atoms with E-state index in [2.05, 4.69) is 36.8 Å². The Bertz CT molecular complexity index is 640. The molecule has 1 aromatic carbocycles. The number of nitrogens with one attached hydrogen (secondary N) is 2. The second-order valence-electron chi connectivity index (χ2n) is 5.48. The molecule has 0 aliphatic heterocycles. The number of benzene rings is 1. The molecule has 21 heavy (non-hydrogen) atoms. The lowest BCUT2D eigenvalue weighted by Crippen LogP contribution is -2.35. The fourth-order valence-electron chi connectivity index (χ4n) is 1.45. The molecule has 2 N–H and O–H groups in total. The molecule has 0 spiro atoms. The van der Waals surface area contributed by atoms with Gasteiger partial charge in [0, 0.05) is 11.6 Å². The third kappa shape index (κ3) is 4.47. The van der Waals surface area contributed by atoms with Crippen LogP contribution in [-0.2, 0) is 6.54 Å². The normalized spacial score (nSPS) is 11.7. The number of rotatable bonds is 4. The van der Waals surface area contributed by atoms with Crippen molar-refractivity contribution in [2.24, 2.45) is 0 Å². The summed E-state index contributed by atoms with van der Waals surface area (Å²) in [5.41, 5.74) is -0.169. The second kappa shape index (κ2) is 6.07. The summed E-state index contributed by atoms with van der Waals surface area (Å²) < 4.78 is 32.4. The highest BCUT2D eigenvalue weighted by Crippen LogP contribution is 2.25. The topological polar surface area (TPSA) is 63.0 Å². The maximum atomic E-state index is 13.7. The van der Waals surface area contributed by atoms with Gasteiger partial charge in [-0.15, -0.1) is 5.10 Å². The van der Waals surface area contributed by atoms with E-state index < -0.39 is 11.6 Å². The molecule has 8 heteroatoms. The Hall–Kier alpha value is -1.54. The average molecular weight is 361 g/mol. The van der Waals surface area contributed by atoms with E-state index in [-0.39, 0.29) is 21.7 Å². The van der Waals surface area contributed by atoms with Crippen LogP contribution in [0.4, 0.5) is 20.5 Å². The lowest BCUT2D eigenvalue weighted by molar-refractivity contribution is 0.384. The lowest BCUT2D eigenvalue weighted by atomic mass is 10.1. The Morgan fingerprint density at radius 1 is 1.19 bits per heavy atom. The van der Waals surface area contributed by atoms with Crippen molar-refractivity contribution in [2.45, 2.75) is 32.9 Å². The fourth-order valence-corrected chi connectivity index (χ4v) is 1.77. The third-order valence-corrected chi connectivity index (χ3v) is 3.10. The van der Waals surface area contributed by atoms with Gasteiger partial charge in [-0.3, -0.25) is 0 Å². The molecule has 0 radical (unpaired) electrons. The van der Waals surface area contributed by atoms with Gasteiger partial charge in [0.25, 0.3) is 0 Å². The van der Waals surface area contributed by atoms with E-state index in [1.54, 1.807) is 0 Å². The summed E-state index contributed by atoms with van der Waals surface area (Å²) in [5.74, 6) is -0.866. The first-order valence-electron chi connectivity index (χ1n) is 6.23.